The quantitative estimate of drug-likeness (QED) is 0.791. The summed E-state index contributed by atoms with van der Waals surface area (Å²) in [5.74, 6) is 0. The fourth-order valence-electron chi connectivity index (χ4n) is 2.20. The van der Waals surface area contributed by atoms with Gasteiger partial charge in [-0.3, -0.25) is 4.40 Å². The first-order chi connectivity index (χ1) is 9.13. The molecular weight excluding hydrogens is 324 g/mol. The van der Waals surface area contributed by atoms with E-state index in [-0.39, 0.29) is 0 Å². The van der Waals surface area contributed by atoms with Crippen LogP contribution in [0.2, 0.25) is 0 Å². The van der Waals surface area contributed by atoms with Crippen molar-refractivity contribution in [3.63, 3.8) is 0 Å². The molecule has 1 unspecified atom stereocenters. The van der Waals surface area contributed by atoms with E-state index in [1.807, 2.05) is 47.3 Å². The van der Waals surface area contributed by atoms with E-state index in [1.165, 1.54) is 0 Å². The first-order valence-corrected chi connectivity index (χ1v) is 7.66. The Morgan fingerprint density at radius 3 is 3.05 bits per heavy atom. The van der Waals surface area contributed by atoms with Crippen molar-refractivity contribution in [3.05, 3.63) is 57.3 Å². The number of imidazole rings is 1. The lowest BCUT2D eigenvalue weighted by molar-refractivity contribution is 0.176. The van der Waals surface area contributed by atoms with Crippen LogP contribution in [0.3, 0.4) is 0 Å². The Hall–Kier alpha value is -1.17. The van der Waals surface area contributed by atoms with Gasteiger partial charge in [-0.1, -0.05) is 22.0 Å². The van der Waals surface area contributed by atoms with Gasteiger partial charge in [0.1, 0.15) is 0 Å². The number of aliphatic hydroxyl groups excluding tert-OH is 1. The number of aliphatic hydroxyl groups is 1. The third-order valence-corrected chi connectivity index (χ3v) is 4.40. The molecule has 1 N–H and O–H groups in total. The van der Waals surface area contributed by atoms with Gasteiger partial charge in [0.25, 0.3) is 0 Å². The molecule has 0 radical (unpaired) electrons. The molecule has 0 aliphatic rings. The third-order valence-electron chi connectivity index (χ3n) is 3.14. The fourth-order valence-corrected chi connectivity index (χ4v) is 3.39. The van der Waals surface area contributed by atoms with Crippen molar-refractivity contribution in [2.24, 2.45) is 0 Å². The zero-order valence-electron chi connectivity index (χ0n) is 10.4. The van der Waals surface area contributed by atoms with Gasteiger partial charge in [-0.05, 0) is 30.2 Å². The molecule has 2 heterocycles. The number of aromatic nitrogens is 2. The van der Waals surface area contributed by atoms with Gasteiger partial charge < -0.3 is 5.11 Å². The number of halogens is 1. The van der Waals surface area contributed by atoms with E-state index in [2.05, 4.69) is 20.9 Å². The second kappa shape index (κ2) is 5.07. The molecule has 19 heavy (non-hydrogen) atoms. The Labute approximate surface area is 123 Å². The number of aryl methyl sites for hydroxylation is 1. The van der Waals surface area contributed by atoms with E-state index in [4.69, 9.17) is 0 Å². The molecule has 0 aliphatic carbocycles. The molecule has 0 spiro atoms. The van der Waals surface area contributed by atoms with Gasteiger partial charge in [0.05, 0.1) is 11.8 Å². The van der Waals surface area contributed by atoms with Crippen molar-refractivity contribution in [3.8, 4) is 0 Å². The van der Waals surface area contributed by atoms with Crippen LogP contribution in [0.1, 0.15) is 22.9 Å². The number of thiazole rings is 1. The predicted octanol–water partition coefficient (Wildman–Crippen LogP) is 3.74. The zero-order valence-corrected chi connectivity index (χ0v) is 12.8. The van der Waals surface area contributed by atoms with Gasteiger partial charge in [0, 0.05) is 28.7 Å². The average molecular weight is 337 g/mol. The van der Waals surface area contributed by atoms with E-state index in [0.717, 1.165) is 26.3 Å². The normalized spacial score (nSPS) is 13.0. The van der Waals surface area contributed by atoms with Crippen molar-refractivity contribution in [2.45, 2.75) is 19.4 Å². The highest BCUT2D eigenvalue weighted by Crippen LogP contribution is 2.24. The minimum atomic E-state index is -0.516. The maximum Gasteiger partial charge on any atom is 0.193 e. The lowest BCUT2D eigenvalue weighted by atomic mass is 10.0. The summed E-state index contributed by atoms with van der Waals surface area (Å²) in [5.41, 5.74) is 2.96. The summed E-state index contributed by atoms with van der Waals surface area (Å²) in [4.78, 5) is 5.46. The van der Waals surface area contributed by atoms with Gasteiger partial charge in [-0.25, -0.2) is 4.98 Å². The smallest absolute Gasteiger partial charge is 0.193 e. The molecule has 1 aromatic carbocycles. The molecule has 98 valence electrons. The molecule has 5 heteroatoms. The maximum absolute atomic E-state index is 10.3. The molecule has 0 aliphatic heterocycles. The highest BCUT2D eigenvalue weighted by Gasteiger charge is 2.13. The summed E-state index contributed by atoms with van der Waals surface area (Å²) in [6.45, 7) is 2.01. The topological polar surface area (TPSA) is 37.5 Å². The lowest BCUT2D eigenvalue weighted by Crippen LogP contribution is -2.04. The molecule has 1 atom stereocenters. The molecular formula is C14H13BrN2OS. The summed E-state index contributed by atoms with van der Waals surface area (Å²) < 4.78 is 3.02. The van der Waals surface area contributed by atoms with Gasteiger partial charge in [0.2, 0.25) is 0 Å². The van der Waals surface area contributed by atoms with Gasteiger partial charge in [-0.15, -0.1) is 11.3 Å². The molecule has 0 amide bonds. The first kappa shape index (κ1) is 12.8. The molecule has 0 saturated carbocycles. The minimum absolute atomic E-state index is 0.516. The first-order valence-electron chi connectivity index (χ1n) is 5.98. The Morgan fingerprint density at radius 2 is 2.32 bits per heavy atom. The van der Waals surface area contributed by atoms with Crippen LogP contribution in [0.25, 0.3) is 4.96 Å². The molecule has 0 fully saturated rings. The second-order valence-corrected chi connectivity index (χ2v) is 6.33. The number of hydrogen-bond acceptors (Lipinski definition) is 3. The van der Waals surface area contributed by atoms with Crippen molar-refractivity contribution < 1.29 is 5.11 Å². The van der Waals surface area contributed by atoms with E-state index < -0.39 is 6.10 Å². The van der Waals surface area contributed by atoms with E-state index in [1.54, 1.807) is 11.3 Å². The SMILES string of the molecule is Cc1cc(Br)ccc1C(O)Cc1cn2ccsc2n1. The van der Waals surface area contributed by atoms with E-state index >= 15 is 0 Å². The van der Waals surface area contributed by atoms with Crippen LogP contribution < -0.4 is 0 Å². The standard InChI is InChI=1S/C14H13BrN2OS/c1-9-6-10(15)2-3-12(9)13(18)7-11-8-17-4-5-19-14(17)16-11/h2-6,8,13,18H,7H2,1H3. The Kier molecular flexibility index (Phi) is 3.43. The zero-order chi connectivity index (χ0) is 13.4. The Bertz CT molecular complexity index is 691. The minimum Gasteiger partial charge on any atom is -0.388 e. The van der Waals surface area contributed by atoms with E-state index in [0.29, 0.717) is 6.42 Å². The summed E-state index contributed by atoms with van der Waals surface area (Å²) in [7, 11) is 0. The lowest BCUT2D eigenvalue weighted by Gasteiger charge is -2.12. The third kappa shape index (κ3) is 2.59. The van der Waals surface area contributed by atoms with Crippen LogP contribution >= 0.6 is 27.3 Å². The van der Waals surface area contributed by atoms with Crippen molar-refractivity contribution in [2.75, 3.05) is 0 Å². The van der Waals surface area contributed by atoms with Crippen LogP contribution in [0.5, 0.6) is 0 Å². The van der Waals surface area contributed by atoms with Gasteiger partial charge in [-0.2, -0.15) is 0 Å². The monoisotopic (exact) mass is 336 g/mol. The summed E-state index contributed by atoms with van der Waals surface area (Å²) in [6.07, 6.45) is 3.98. The van der Waals surface area contributed by atoms with Crippen LogP contribution in [0, 0.1) is 6.92 Å². The van der Waals surface area contributed by atoms with Crippen molar-refractivity contribution in [1.82, 2.24) is 9.38 Å². The molecule has 2 aromatic heterocycles. The van der Waals surface area contributed by atoms with Crippen LogP contribution in [-0.2, 0) is 6.42 Å². The molecule has 0 saturated heterocycles. The Balaban J connectivity index is 1.84. The number of benzene rings is 1. The van der Waals surface area contributed by atoms with Gasteiger partial charge >= 0.3 is 0 Å². The number of nitrogens with zero attached hydrogens (tertiary/aromatic N) is 2. The summed E-state index contributed by atoms with van der Waals surface area (Å²) >= 11 is 5.03. The van der Waals surface area contributed by atoms with E-state index in [9.17, 15) is 5.11 Å². The largest absolute Gasteiger partial charge is 0.388 e. The maximum atomic E-state index is 10.3. The number of rotatable bonds is 3. The predicted molar refractivity (Wildman–Crippen MR) is 80.6 cm³/mol. The summed E-state index contributed by atoms with van der Waals surface area (Å²) in [5, 5.41) is 12.3. The number of hydrogen-bond donors (Lipinski definition) is 1. The van der Waals surface area contributed by atoms with Crippen LogP contribution in [0.15, 0.2) is 40.4 Å². The van der Waals surface area contributed by atoms with Crippen LogP contribution in [-0.4, -0.2) is 14.5 Å². The second-order valence-electron chi connectivity index (χ2n) is 4.55. The fraction of sp³-hybridized carbons (Fsp3) is 0.214. The van der Waals surface area contributed by atoms with Crippen LogP contribution in [0.4, 0.5) is 0 Å². The Morgan fingerprint density at radius 1 is 1.47 bits per heavy atom. The van der Waals surface area contributed by atoms with Gasteiger partial charge in [0.15, 0.2) is 4.96 Å². The molecule has 3 aromatic rings. The molecule has 3 nitrogen and oxygen atoms in total. The summed E-state index contributed by atoms with van der Waals surface area (Å²) in [6, 6.07) is 5.93. The number of fused-ring (bicyclic) bond motifs is 1. The highest BCUT2D eigenvalue weighted by molar-refractivity contribution is 9.10. The van der Waals surface area contributed by atoms with Crippen molar-refractivity contribution >= 4 is 32.2 Å². The molecule has 3 rings (SSSR count). The average Bonchev–Trinajstić information content (AvgIpc) is 2.89. The highest BCUT2D eigenvalue weighted by atomic mass is 79.9. The molecule has 0 bridgehead atoms. The van der Waals surface area contributed by atoms with Crippen molar-refractivity contribution in [1.29, 1.82) is 0 Å².